The fourth-order valence-corrected chi connectivity index (χ4v) is 2.44. The van der Waals surface area contributed by atoms with Crippen LogP contribution in [0.1, 0.15) is 32.6 Å². The van der Waals surface area contributed by atoms with Gasteiger partial charge in [-0.3, -0.25) is 0 Å². The Morgan fingerprint density at radius 2 is 2.33 bits per heavy atom. The van der Waals surface area contributed by atoms with Gasteiger partial charge in [0.2, 0.25) is 0 Å². The first-order valence-electron chi connectivity index (χ1n) is 6.25. The van der Waals surface area contributed by atoms with Gasteiger partial charge in [-0.1, -0.05) is 6.08 Å². The van der Waals surface area contributed by atoms with E-state index in [9.17, 15) is 0 Å². The summed E-state index contributed by atoms with van der Waals surface area (Å²) in [5.74, 6) is 0.898. The van der Waals surface area contributed by atoms with Gasteiger partial charge in [-0.15, -0.1) is 6.58 Å². The molecular formula is C13H26N2. The first kappa shape index (κ1) is 12.7. The molecule has 0 aromatic heterocycles. The van der Waals surface area contributed by atoms with Crippen molar-refractivity contribution in [3.8, 4) is 0 Å². The molecule has 88 valence electrons. The standard InChI is InChI=1S/C13H26N2/c1-4-5-6-9-15(3)11-13-7-8-14-12(2)10-13/h4,12-14H,1,5-11H2,2-3H3. The van der Waals surface area contributed by atoms with Crippen LogP contribution in [0.4, 0.5) is 0 Å². The number of unbranched alkanes of at least 4 members (excludes halogenated alkanes) is 1. The number of piperidine rings is 1. The van der Waals surface area contributed by atoms with Gasteiger partial charge in [-0.25, -0.2) is 0 Å². The van der Waals surface area contributed by atoms with Gasteiger partial charge >= 0.3 is 0 Å². The molecule has 0 aromatic carbocycles. The van der Waals surface area contributed by atoms with E-state index in [1.165, 1.54) is 38.9 Å². The first-order chi connectivity index (χ1) is 7.22. The minimum Gasteiger partial charge on any atom is -0.314 e. The van der Waals surface area contributed by atoms with Gasteiger partial charge in [-0.05, 0) is 58.7 Å². The summed E-state index contributed by atoms with van der Waals surface area (Å²) < 4.78 is 0. The summed E-state index contributed by atoms with van der Waals surface area (Å²) in [6, 6.07) is 0.713. The molecular weight excluding hydrogens is 184 g/mol. The molecule has 1 aliphatic heterocycles. The molecule has 1 rings (SSSR count). The van der Waals surface area contributed by atoms with E-state index < -0.39 is 0 Å². The van der Waals surface area contributed by atoms with Crippen molar-refractivity contribution < 1.29 is 0 Å². The summed E-state index contributed by atoms with van der Waals surface area (Å²) in [6.45, 7) is 9.73. The summed E-state index contributed by atoms with van der Waals surface area (Å²) in [5.41, 5.74) is 0. The molecule has 0 radical (unpaired) electrons. The Bertz CT molecular complexity index is 179. The molecule has 15 heavy (non-hydrogen) atoms. The van der Waals surface area contributed by atoms with Crippen molar-refractivity contribution in [1.82, 2.24) is 10.2 Å². The molecule has 1 aliphatic rings. The van der Waals surface area contributed by atoms with Crippen LogP contribution in [0, 0.1) is 5.92 Å². The summed E-state index contributed by atoms with van der Waals surface area (Å²) in [7, 11) is 2.25. The van der Waals surface area contributed by atoms with E-state index in [0.717, 1.165) is 12.3 Å². The third kappa shape index (κ3) is 5.33. The Balaban J connectivity index is 2.13. The minimum atomic E-state index is 0.713. The minimum absolute atomic E-state index is 0.713. The van der Waals surface area contributed by atoms with E-state index >= 15 is 0 Å². The van der Waals surface area contributed by atoms with E-state index in [4.69, 9.17) is 0 Å². The molecule has 2 atom stereocenters. The molecule has 0 spiro atoms. The van der Waals surface area contributed by atoms with Gasteiger partial charge in [0, 0.05) is 12.6 Å². The topological polar surface area (TPSA) is 15.3 Å². The molecule has 2 nitrogen and oxygen atoms in total. The monoisotopic (exact) mass is 210 g/mol. The van der Waals surface area contributed by atoms with E-state index in [1.807, 2.05) is 6.08 Å². The molecule has 1 heterocycles. The van der Waals surface area contributed by atoms with Crippen LogP contribution >= 0.6 is 0 Å². The fourth-order valence-electron chi connectivity index (χ4n) is 2.44. The van der Waals surface area contributed by atoms with Crippen LogP contribution in [0.3, 0.4) is 0 Å². The number of rotatable bonds is 6. The first-order valence-corrected chi connectivity index (χ1v) is 6.25. The number of nitrogens with one attached hydrogen (secondary N) is 1. The van der Waals surface area contributed by atoms with Crippen molar-refractivity contribution in [3.05, 3.63) is 12.7 Å². The van der Waals surface area contributed by atoms with Crippen LogP contribution in [0.2, 0.25) is 0 Å². The van der Waals surface area contributed by atoms with Crippen LogP contribution in [0.15, 0.2) is 12.7 Å². The number of allylic oxidation sites excluding steroid dienone is 1. The molecule has 1 saturated heterocycles. The molecule has 1 N–H and O–H groups in total. The lowest BCUT2D eigenvalue weighted by molar-refractivity contribution is 0.219. The lowest BCUT2D eigenvalue weighted by Crippen LogP contribution is -2.39. The largest absolute Gasteiger partial charge is 0.314 e. The van der Waals surface area contributed by atoms with Gasteiger partial charge in [0.25, 0.3) is 0 Å². The summed E-state index contributed by atoms with van der Waals surface area (Å²) in [5, 5.41) is 3.51. The summed E-state index contributed by atoms with van der Waals surface area (Å²) >= 11 is 0. The second kappa shape index (κ2) is 7.02. The Kier molecular flexibility index (Phi) is 5.96. The van der Waals surface area contributed by atoms with Gasteiger partial charge in [0.15, 0.2) is 0 Å². The second-order valence-electron chi connectivity index (χ2n) is 4.94. The molecule has 2 heteroatoms. The van der Waals surface area contributed by atoms with Gasteiger partial charge < -0.3 is 10.2 Å². The smallest absolute Gasteiger partial charge is 0.00418 e. The average Bonchev–Trinajstić information content (AvgIpc) is 2.18. The van der Waals surface area contributed by atoms with Crippen molar-refractivity contribution in [3.63, 3.8) is 0 Å². The van der Waals surface area contributed by atoms with E-state index in [-0.39, 0.29) is 0 Å². The third-order valence-electron chi connectivity index (χ3n) is 3.25. The van der Waals surface area contributed by atoms with Crippen LogP contribution in [0.25, 0.3) is 0 Å². The normalized spacial score (nSPS) is 26.9. The van der Waals surface area contributed by atoms with E-state index in [2.05, 4.69) is 30.8 Å². The van der Waals surface area contributed by atoms with Crippen molar-refractivity contribution >= 4 is 0 Å². The highest BCUT2D eigenvalue weighted by Gasteiger charge is 2.19. The fraction of sp³-hybridized carbons (Fsp3) is 0.846. The quantitative estimate of drug-likeness (QED) is 0.534. The van der Waals surface area contributed by atoms with Gasteiger partial charge in [-0.2, -0.15) is 0 Å². The number of nitrogens with zero attached hydrogens (tertiary/aromatic N) is 1. The van der Waals surface area contributed by atoms with Gasteiger partial charge in [0.1, 0.15) is 0 Å². The second-order valence-corrected chi connectivity index (χ2v) is 4.94. The molecule has 1 fully saturated rings. The lowest BCUT2D eigenvalue weighted by Gasteiger charge is -2.31. The predicted molar refractivity (Wildman–Crippen MR) is 67.1 cm³/mol. The molecule has 0 aromatic rings. The third-order valence-corrected chi connectivity index (χ3v) is 3.25. The Hall–Kier alpha value is -0.340. The van der Waals surface area contributed by atoms with E-state index in [0.29, 0.717) is 6.04 Å². The lowest BCUT2D eigenvalue weighted by atomic mass is 9.93. The van der Waals surface area contributed by atoms with E-state index in [1.54, 1.807) is 0 Å². The average molecular weight is 210 g/mol. The van der Waals surface area contributed by atoms with Crippen molar-refractivity contribution in [2.24, 2.45) is 5.92 Å². The zero-order valence-corrected chi connectivity index (χ0v) is 10.3. The number of hydrogen-bond donors (Lipinski definition) is 1. The highest BCUT2D eigenvalue weighted by atomic mass is 15.1. The summed E-state index contributed by atoms with van der Waals surface area (Å²) in [4.78, 5) is 2.48. The molecule has 0 saturated carbocycles. The van der Waals surface area contributed by atoms with Crippen LogP contribution in [-0.4, -0.2) is 37.6 Å². The molecule has 2 unspecified atom stereocenters. The Morgan fingerprint density at radius 3 is 3.00 bits per heavy atom. The van der Waals surface area contributed by atoms with Gasteiger partial charge in [0.05, 0.1) is 0 Å². The maximum absolute atomic E-state index is 3.76. The van der Waals surface area contributed by atoms with Crippen molar-refractivity contribution in [1.29, 1.82) is 0 Å². The Morgan fingerprint density at radius 1 is 1.53 bits per heavy atom. The van der Waals surface area contributed by atoms with Crippen molar-refractivity contribution in [2.75, 3.05) is 26.7 Å². The maximum Gasteiger partial charge on any atom is 0.00418 e. The highest BCUT2D eigenvalue weighted by molar-refractivity contribution is 4.77. The molecule has 0 amide bonds. The Labute approximate surface area is 94.7 Å². The van der Waals surface area contributed by atoms with Crippen LogP contribution in [-0.2, 0) is 0 Å². The maximum atomic E-state index is 3.76. The molecule has 0 aliphatic carbocycles. The SMILES string of the molecule is C=CCCCN(C)CC1CCNC(C)C1. The molecule has 0 bridgehead atoms. The zero-order chi connectivity index (χ0) is 11.1. The number of hydrogen-bond acceptors (Lipinski definition) is 2. The summed E-state index contributed by atoms with van der Waals surface area (Å²) in [6.07, 6.45) is 7.09. The predicted octanol–water partition coefficient (Wildman–Crippen LogP) is 2.27. The van der Waals surface area contributed by atoms with Crippen LogP contribution in [0.5, 0.6) is 0 Å². The highest BCUT2D eigenvalue weighted by Crippen LogP contribution is 2.16. The van der Waals surface area contributed by atoms with Crippen LogP contribution < -0.4 is 5.32 Å². The van der Waals surface area contributed by atoms with Crippen molar-refractivity contribution in [2.45, 2.75) is 38.6 Å². The zero-order valence-electron chi connectivity index (χ0n) is 10.3.